The molecule has 0 heterocycles. The fourth-order valence-corrected chi connectivity index (χ4v) is 4.42. The van der Waals surface area contributed by atoms with Crippen molar-refractivity contribution >= 4 is 11.9 Å². The maximum Gasteiger partial charge on any atom is 0.307 e. The molecule has 0 fully saturated rings. The summed E-state index contributed by atoms with van der Waals surface area (Å²) in [4.78, 5) is 22.9. The van der Waals surface area contributed by atoms with E-state index in [1.54, 1.807) is 0 Å². The summed E-state index contributed by atoms with van der Waals surface area (Å²) in [5.74, 6) is -2.02. The molecule has 4 nitrogen and oxygen atoms in total. The van der Waals surface area contributed by atoms with E-state index in [2.05, 4.69) is 25.7 Å². The molecular weight excluding hydrogens is 436 g/mol. The third-order valence-corrected chi connectivity index (χ3v) is 6.69. The molecule has 0 aromatic rings. The molecule has 204 valence electrons. The van der Waals surface area contributed by atoms with Crippen molar-refractivity contribution in [3.63, 3.8) is 0 Å². The lowest BCUT2D eigenvalue weighted by Gasteiger charge is -2.11. The number of carboxylic acids is 1. The smallest absolute Gasteiger partial charge is 0.307 e. The van der Waals surface area contributed by atoms with E-state index < -0.39 is 17.9 Å². The van der Waals surface area contributed by atoms with Crippen LogP contribution in [-0.2, 0) is 14.3 Å². The Morgan fingerprint density at radius 1 is 0.714 bits per heavy atom. The minimum atomic E-state index is -0.913. The van der Waals surface area contributed by atoms with Crippen LogP contribution in [0.1, 0.15) is 148 Å². The number of carboxylic acid groups (broad SMARTS) is 1. The molecule has 35 heavy (non-hydrogen) atoms. The lowest BCUT2D eigenvalue weighted by Crippen LogP contribution is -2.19. The van der Waals surface area contributed by atoms with Crippen molar-refractivity contribution in [1.82, 2.24) is 0 Å². The Morgan fingerprint density at radius 2 is 1.14 bits per heavy atom. The monoisotopic (exact) mass is 492 g/mol. The lowest BCUT2D eigenvalue weighted by atomic mass is 9.97. The summed E-state index contributed by atoms with van der Waals surface area (Å²) in [6, 6.07) is 0. The van der Waals surface area contributed by atoms with E-state index in [1.165, 1.54) is 109 Å². The van der Waals surface area contributed by atoms with Crippen molar-refractivity contribution in [3.05, 3.63) is 24.8 Å². The van der Waals surface area contributed by atoms with Gasteiger partial charge in [-0.3, -0.25) is 9.59 Å². The van der Waals surface area contributed by atoms with Gasteiger partial charge in [-0.25, -0.2) is 0 Å². The third-order valence-electron chi connectivity index (χ3n) is 6.69. The maximum absolute atomic E-state index is 11.6. The molecule has 0 spiro atoms. The van der Waals surface area contributed by atoms with Crippen LogP contribution in [0.2, 0.25) is 0 Å². The number of aliphatic carboxylic acids is 1. The third kappa shape index (κ3) is 25.3. The Bertz CT molecular complexity index is 526. The molecule has 1 N–H and O–H groups in total. The number of esters is 1. The predicted octanol–water partition coefficient (Wildman–Crippen LogP) is 9.57. The predicted molar refractivity (Wildman–Crippen MR) is 149 cm³/mol. The number of carbonyl (C=O) groups is 2. The highest BCUT2D eigenvalue weighted by molar-refractivity contribution is 5.78. The quantitative estimate of drug-likeness (QED) is 0.0704. The van der Waals surface area contributed by atoms with Crippen LogP contribution in [0, 0.1) is 5.92 Å². The minimum absolute atomic E-state index is 0.0532. The summed E-state index contributed by atoms with van der Waals surface area (Å²) < 4.78 is 4.89. The number of allylic oxidation sites excluding steroid dienone is 2. The van der Waals surface area contributed by atoms with Gasteiger partial charge in [0.25, 0.3) is 0 Å². The van der Waals surface area contributed by atoms with Crippen LogP contribution in [0.3, 0.4) is 0 Å². The van der Waals surface area contributed by atoms with E-state index >= 15 is 0 Å². The van der Waals surface area contributed by atoms with Crippen molar-refractivity contribution in [2.24, 2.45) is 5.92 Å². The van der Waals surface area contributed by atoms with Gasteiger partial charge in [0.2, 0.25) is 0 Å². The largest absolute Gasteiger partial charge is 0.481 e. The van der Waals surface area contributed by atoms with E-state index in [0.717, 1.165) is 25.7 Å². The first-order valence-corrected chi connectivity index (χ1v) is 14.8. The second-order valence-electron chi connectivity index (χ2n) is 10.1. The van der Waals surface area contributed by atoms with E-state index in [0.29, 0.717) is 6.42 Å². The van der Waals surface area contributed by atoms with Crippen LogP contribution < -0.4 is 0 Å². The Kier molecular flexibility index (Phi) is 25.8. The molecule has 0 radical (unpaired) electrons. The van der Waals surface area contributed by atoms with Gasteiger partial charge in [-0.1, -0.05) is 134 Å². The average Bonchev–Trinajstić information content (AvgIpc) is 2.84. The number of carbonyl (C=O) groups excluding carboxylic acids is 1. The molecule has 0 aliphatic carbocycles. The highest BCUT2D eigenvalue weighted by Gasteiger charge is 2.21. The van der Waals surface area contributed by atoms with Gasteiger partial charge in [0.15, 0.2) is 0 Å². The van der Waals surface area contributed by atoms with Gasteiger partial charge in [0.05, 0.1) is 12.3 Å². The first kappa shape index (κ1) is 33.4. The molecule has 1 unspecified atom stereocenters. The summed E-state index contributed by atoms with van der Waals surface area (Å²) in [5, 5.41) is 9.28. The van der Waals surface area contributed by atoms with Gasteiger partial charge >= 0.3 is 11.9 Å². The molecule has 0 aromatic heterocycles. The van der Waals surface area contributed by atoms with E-state index in [-0.39, 0.29) is 13.0 Å². The highest BCUT2D eigenvalue weighted by Crippen LogP contribution is 2.17. The first-order chi connectivity index (χ1) is 17.1. The molecular formula is C31H56O4. The number of ether oxygens (including phenoxy) is 1. The van der Waals surface area contributed by atoms with Crippen molar-refractivity contribution in [2.75, 3.05) is 6.61 Å². The molecule has 0 aliphatic rings. The topological polar surface area (TPSA) is 63.6 Å². The molecule has 0 saturated heterocycles. The minimum Gasteiger partial charge on any atom is -0.481 e. The standard InChI is InChI=1S/C31H56O4/c1-3-5-6-7-8-9-10-11-12-13-14-15-16-17-18-19-20-21-22-23-24-25-26-29(31(33)34)28-30(32)35-27-4-2/h4,20-21,29H,2-3,5-19,22-28H2,1H3,(H,33,34)/b21-20+. The van der Waals surface area contributed by atoms with Crippen molar-refractivity contribution < 1.29 is 19.4 Å². The van der Waals surface area contributed by atoms with E-state index in [9.17, 15) is 14.7 Å². The number of hydrogen-bond acceptors (Lipinski definition) is 3. The van der Waals surface area contributed by atoms with Crippen molar-refractivity contribution in [2.45, 2.75) is 148 Å². The first-order valence-electron chi connectivity index (χ1n) is 14.8. The normalized spacial score (nSPS) is 12.1. The molecule has 1 atom stereocenters. The Morgan fingerprint density at radius 3 is 1.57 bits per heavy atom. The van der Waals surface area contributed by atoms with Crippen LogP contribution in [-0.4, -0.2) is 23.7 Å². The van der Waals surface area contributed by atoms with Crippen LogP contribution in [0.4, 0.5) is 0 Å². The SMILES string of the molecule is C=CCOC(=O)CC(CCCCC/C=C/CCCCCCCCCCCCCCCCC)C(=O)O. The zero-order chi connectivity index (χ0) is 25.8. The van der Waals surface area contributed by atoms with Gasteiger partial charge in [-0.05, 0) is 32.1 Å². The fraction of sp³-hybridized carbons (Fsp3) is 0.806. The van der Waals surface area contributed by atoms with Crippen LogP contribution in [0.25, 0.3) is 0 Å². The van der Waals surface area contributed by atoms with Gasteiger partial charge in [-0.2, -0.15) is 0 Å². The van der Waals surface area contributed by atoms with Crippen LogP contribution in [0.15, 0.2) is 24.8 Å². The molecule has 0 aromatic carbocycles. The summed E-state index contributed by atoms with van der Waals surface area (Å²) in [5.41, 5.74) is 0. The Balaban J connectivity index is 3.40. The summed E-state index contributed by atoms with van der Waals surface area (Å²) in [6.45, 7) is 5.90. The molecule has 0 amide bonds. The van der Waals surface area contributed by atoms with Crippen molar-refractivity contribution in [1.29, 1.82) is 0 Å². The van der Waals surface area contributed by atoms with Gasteiger partial charge < -0.3 is 9.84 Å². The Labute approximate surface area is 217 Å². The van der Waals surface area contributed by atoms with E-state index in [1.807, 2.05) is 0 Å². The zero-order valence-corrected chi connectivity index (χ0v) is 23.0. The second-order valence-corrected chi connectivity index (χ2v) is 10.1. The summed E-state index contributed by atoms with van der Waals surface area (Å²) in [7, 11) is 0. The number of rotatable bonds is 27. The van der Waals surface area contributed by atoms with Gasteiger partial charge in [0.1, 0.15) is 6.61 Å². The zero-order valence-electron chi connectivity index (χ0n) is 23.0. The Hall–Kier alpha value is -1.58. The number of unbranched alkanes of at least 4 members (excludes halogenated alkanes) is 18. The van der Waals surface area contributed by atoms with Gasteiger partial charge in [-0.15, -0.1) is 0 Å². The molecule has 4 heteroatoms. The molecule has 0 rings (SSSR count). The maximum atomic E-state index is 11.6. The summed E-state index contributed by atoms with van der Waals surface area (Å²) in [6.07, 6.45) is 32.7. The highest BCUT2D eigenvalue weighted by atomic mass is 16.5. The summed E-state index contributed by atoms with van der Waals surface area (Å²) >= 11 is 0. The lowest BCUT2D eigenvalue weighted by molar-refractivity contribution is -0.151. The number of hydrogen-bond donors (Lipinski definition) is 1. The van der Waals surface area contributed by atoms with E-state index in [4.69, 9.17) is 4.74 Å². The molecule has 0 aliphatic heterocycles. The van der Waals surface area contributed by atoms with Crippen LogP contribution >= 0.6 is 0 Å². The second kappa shape index (κ2) is 27.0. The molecule has 0 bridgehead atoms. The van der Waals surface area contributed by atoms with Crippen LogP contribution in [0.5, 0.6) is 0 Å². The average molecular weight is 493 g/mol. The fourth-order valence-electron chi connectivity index (χ4n) is 4.42. The van der Waals surface area contributed by atoms with Crippen molar-refractivity contribution in [3.8, 4) is 0 Å². The van der Waals surface area contributed by atoms with Gasteiger partial charge in [0, 0.05) is 0 Å². The molecule has 0 saturated carbocycles.